The van der Waals surface area contributed by atoms with Gasteiger partial charge in [-0.25, -0.2) is 0 Å². The van der Waals surface area contributed by atoms with Gasteiger partial charge in [-0.15, -0.1) is 0 Å². The van der Waals surface area contributed by atoms with Crippen molar-refractivity contribution in [3.05, 3.63) is 60.7 Å². The van der Waals surface area contributed by atoms with Gasteiger partial charge in [0.15, 0.2) is 24.0 Å². The summed E-state index contributed by atoms with van der Waals surface area (Å²) in [6.07, 6.45) is -0.202. The summed E-state index contributed by atoms with van der Waals surface area (Å²) in [7, 11) is -0.912. The largest absolute Gasteiger partial charge is 0.466 e. The molecule has 0 bridgehead atoms. The lowest BCUT2D eigenvalue weighted by Crippen LogP contribution is -2.15. The number of ketones is 1. The Morgan fingerprint density at radius 1 is 0.955 bits per heavy atom. The fraction of sp³-hybridized carbons (Fsp3) is 0.167. The third-order valence-electron chi connectivity index (χ3n) is 2.97. The first-order valence-corrected chi connectivity index (χ1v) is 8.54. The Balaban J connectivity index is 2.31. The van der Waals surface area contributed by atoms with Crippen molar-refractivity contribution in [1.82, 2.24) is 0 Å². The second kappa shape index (κ2) is 8.26. The van der Waals surface area contributed by atoms with Crippen molar-refractivity contribution in [1.29, 1.82) is 0 Å². The smallest absolute Gasteiger partial charge is 0.313 e. The van der Waals surface area contributed by atoms with E-state index in [0.717, 1.165) is 10.6 Å². The molecule has 0 aliphatic rings. The topological polar surface area (TPSA) is 43.4 Å². The van der Waals surface area contributed by atoms with Crippen molar-refractivity contribution in [3.63, 3.8) is 0 Å². The van der Waals surface area contributed by atoms with E-state index in [2.05, 4.69) is 0 Å². The Kier molecular flexibility index (Phi) is 6.05. The maximum absolute atomic E-state index is 12.1. The zero-order valence-electron chi connectivity index (χ0n) is 12.4. The Bertz CT molecular complexity index is 622. The molecule has 0 N–H and O–H groups in total. The van der Waals surface area contributed by atoms with E-state index in [9.17, 15) is 9.59 Å². The molecule has 0 amide bonds. The molecule has 2 aromatic carbocycles. The molecule has 2 rings (SSSR count). The summed E-state index contributed by atoms with van der Waals surface area (Å²) in [5, 5.41) is 2.17. The zero-order valence-corrected chi connectivity index (χ0v) is 13.3. The summed E-state index contributed by atoms with van der Waals surface area (Å²) >= 11 is 0. The van der Waals surface area contributed by atoms with Crippen molar-refractivity contribution < 1.29 is 14.3 Å². The SMILES string of the molecule is CCOC(=O)CC(=O)C=[P+](c1ccccc1)c1ccccc1. The molecule has 0 saturated carbocycles. The number of ether oxygens (including phenoxy) is 1. The van der Waals surface area contributed by atoms with Crippen LogP contribution in [0, 0.1) is 0 Å². The average molecular weight is 313 g/mol. The lowest BCUT2D eigenvalue weighted by Gasteiger charge is -1.99. The zero-order chi connectivity index (χ0) is 15.8. The van der Waals surface area contributed by atoms with Gasteiger partial charge in [0.1, 0.15) is 6.42 Å². The van der Waals surface area contributed by atoms with Crippen LogP contribution < -0.4 is 10.6 Å². The molecule has 0 aliphatic heterocycles. The van der Waals surface area contributed by atoms with Gasteiger partial charge in [0.25, 0.3) is 0 Å². The molecule has 0 aliphatic carbocycles. The molecule has 0 atom stereocenters. The molecule has 0 fully saturated rings. The summed E-state index contributed by atoms with van der Waals surface area (Å²) < 4.78 is 4.83. The Morgan fingerprint density at radius 2 is 1.45 bits per heavy atom. The lowest BCUT2D eigenvalue weighted by atomic mass is 10.3. The number of benzene rings is 2. The summed E-state index contributed by atoms with van der Waals surface area (Å²) in [5.41, 5.74) is 0. The molecule has 0 unspecified atom stereocenters. The molecule has 0 aromatic heterocycles. The number of hydrogen-bond donors (Lipinski definition) is 0. The lowest BCUT2D eigenvalue weighted by molar-refractivity contribution is -0.144. The molecule has 0 saturated heterocycles. The van der Waals surface area contributed by atoms with Gasteiger partial charge in [-0.05, 0) is 31.2 Å². The molecule has 0 heterocycles. The van der Waals surface area contributed by atoms with Crippen LogP contribution in [-0.2, 0) is 14.3 Å². The Morgan fingerprint density at radius 3 is 1.91 bits per heavy atom. The standard InChI is InChI=1S/C18H18O3P/c1-2-21-18(20)13-15(19)14-22(16-9-5-3-6-10-16)17-11-7-4-8-12-17/h3-12,14H,2,13H2,1H3/q+1. The van der Waals surface area contributed by atoms with Gasteiger partial charge < -0.3 is 4.74 Å². The van der Waals surface area contributed by atoms with Crippen LogP contribution in [-0.4, -0.2) is 24.2 Å². The second-order valence-corrected chi connectivity index (χ2v) is 6.65. The molecule has 3 nitrogen and oxygen atoms in total. The monoisotopic (exact) mass is 313 g/mol. The van der Waals surface area contributed by atoms with Crippen LogP contribution in [0.15, 0.2) is 60.7 Å². The highest BCUT2D eigenvalue weighted by Gasteiger charge is 2.21. The number of rotatable bonds is 6. The van der Waals surface area contributed by atoms with Gasteiger partial charge in [0, 0.05) is 0 Å². The maximum Gasteiger partial charge on any atom is 0.313 e. The van der Waals surface area contributed by atoms with E-state index < -0.39 is 13.5 Å². The third-order valence-corrected chi connectivity index (χ3v) is 5.22. The molecular weight excluding hydrogens is 295 g/mol. The molecule has 22 heavy (non-hydrogen) atoms. The van der Waals surface area contributed by atoms with Crippen LogP contribution in [0.4, 0.5) is 0 Å². The Labute approximate surface area is 131 Å². The minimum atomic E-state index is -0.912. The van der Waals surface area contributed by atoms with Gasteiger partial charge >= 0.3 is 5.97 Å². The number of carbonyl (C=O) groups is 2. The van der Waals surface area contributed by atoms with E-state index in [1.54, 1.807) is 12.7 Å². The first kappa shape index (κ1) is 16.1. The van der Waals surface area contributed by atoms with Crippen molar-refractivity contribution in [2.24, 2.45) is 0 Å². The average Bonchev–Trinajstić information content (AvgIpc) is 2.54. The van der Waals surface area contributed by atoms with Gasteiger partial charge in [0.05, 0.1) is 6.61 Å². The van der Waals surface area contributed by atoms with Gasteiger partial charge in [0.2, 0.25) is 5.78 Å². The van der Waals surface area contributed by atoms with Crippen LogP contribution in [0.25, 0.3) is 0 Å². The highest BCUT2D eigenvalue weighted by Crippen LogP contribution is 2.20. The van der Waals surface area contributed by atoms with Crippen LogP contribution in [0.1, 0.15) is 13.3 Å². The van der Waals surface area contributed by atoms with Crippen LogP contribution in [0.2, 0.25) is 0 Å². The Hall–Kier alpha value is -2.25. The molecule has 112 valence electrons. The minimum absolute atomic E-state index is 0.197. The quantitative estimate of drug-likeness (QED) is 0.467. The summed E-state index contributed by atoms with van der Waals surface area (Å²) in [5.74, 6) is 0.994. The summed E-state index contributed by atoms with van der Waals surface area (Å²) in [6.45, 7) is 2.02. The van der Waals surface area contributed by atoms with Crippen molar-refractivity contribution in [2.45, 2.75) is 13.3 Å². The first-order valence-electron chi connectivity index (χ1n) is 7.13. The van der Waals surface area contributed by atoms with Gasteiger partial charge in [-0.1, -0.05) is 36.4 Å². The van der Waals surface area contributed by atoms with Gasteiger partial charge in [-0.3, -0.25) is 9.59 Å². The summed E-state index contributed by atoms with van der Waals surface area (Å²) in [4.78, 5) is 23.6. The van der Waals surface area contributed by atoms with Crippen LogP contribution >= 0.6 is 7.55 Å². The molecule has 0 spiro atoms. The highest BCUT2D eigenvalue weighted by molar-refractivity contribution is 7.73. The van der Waals surface area contributed by atoms with E-state index in [4.69, 9.17) is 4.74 Å². The number of esters is 1. The van der Waals surface area contributed by atoms with Crippen LogP contribution in [0.3, 0.4) is 0 Å². The van der Waals surface area contributed by atoms with E-state index in [1.165, 1.54) is 0 Å². The normalized spacial score (nSPS) is 9.86. The predicted molar refractivity (Wildman–Crippen MR) is 91.4 cm³/mol. The highest BCUT2D eigenvalue weighted by atomic mass is 31.1. The van der Waals surface area contributed by atoms with E-state index in [0.29, 0.717) is 0 Å². The fourth-order valence-corrected chi connectivity index (χ4v) is 3.98. The maximum atomic E-state index is 12.1. The molecule has 0 radical (unpaired) electrons. The van der Waals surface area contributed by atoms with E-state index >= 15 is 0 Å². The number of carbonyl (C=O) groups excluding carboxylic acids is 2. The molecule has 4 heteroatoms. The van der Waals surface area contributed by atoms with Crippen molar-refractivity contribution in [2.75, 3.05) is 6.61 Å². The van der Waals surface area contributed by atoms with Gasteiger partial charge in [-0.2, -0.15) is 0 Å². The van der Waals surface area contributed by atoms with Crippen molar-refractivity contribution >= 4 is 35.7 Å². The summed E-state index contributed by atoms with van der Waals surface area (Å²) in [6, 6.07) is 19.7. The van der Waals surface area contributed by atoms with E-state index in [1.807, 2.05) is 60.7 Å². The van der Waals surface area contributed by atoms with Crippen LogP contribution in [0.5, 0.6) is 0 Å². The predicted octanol–water partition coefficient (Wildman–Crippen LogP) is 2.44. The second-order valence-electron chi connectivity index (χ2n) is 4.62. The molecule has 2 aromatic rings. The third kappa shape index (κ3) is 4.64. The fourth-order valence-electron chi connectivity index (χ4n) is 2.02. The minimum Gasteiger partial charge on any atom is -0.466 e. The number of Topliss-reactive ketones (excluding diaryl/α,β-unsaturated/α-hetero) is 1. The van der Waals surface area contributed by atoms with Crippen molar-refractivity contribution in [3.8, 4) is 0 Å². The molecular formula is C18H18O3P+. The first-order chi connectivity index (χ1) is 10.7. The number of hydrogen-bond acceptors (Lipinski definition) is 3. The van der Waals surface area contributed by atoms with E-state index in [-0.39, 0.29) is 18.8 Å².